The predicted molar refractivity (Wildman–Crippen MR) is 67.4 cm³/mol. The van der Waals surface area contributed by atoms with Crippen LogP contribution in [-0.2, 0) is 10.0 Å². The standard InChI is InChI=1S/C11H12FN3O3S/c1-7(2)19(16,17)15-11-14-13-10(18-11)8-3-5-9(12)6-4-8/h3-7H,1-2H3,(H,14,15). The Balaban J connectivity index is 2.22. The minimum absolute atomic E-state index is 0.112. The fourth-order valence-corrected chi connectivity index (χ4v) is 1.77. The number of halogens is 1. The lowest BCUT2D eigenvalue weighted by molar-refractivity contribution is 0.573. The van der Waals surface area contributed by atoms with E-state index in [9.17, 15) is 12.8 Å². The molecule has 0 saturated heterocycles. The number of benzene rings is 1. The fraction of sp³-hybridized carbons (Fsp3) is 0.273. The van der Waals surface area contributed by atoms with Crippen molar-refractivity contribution in [1.29, 1.82) is 0 Å². The molecular formula is C11H12FN3O3S. The highest BCUT2D eigenvalue weighted by atomic mass is 32.2. The van der Waals surface area contributed by atoms with E-state index in [-0.39, 0.29) is 17.7 Å². The molecule has 0 bridgehead atoms. The second-order valence-electron chi connectivity index (χ2n) is 4.12. The second-order valence-corrected chi connectivity index (χ2v) is 6.35. The Morgan fingerprint density at radius 3 is 2.42 bits per heavy atom. The summed E-state index contributed by atoms with van der Waals surface area (Å²) in [5.74, 6) is -0.273. The van der Waals surface area contributed by atoms with E-state index in [1.54, 1.807) is 0 Å². The Hall–Kier alpha value is -1.96. The number of rotatable bonds is 4. The molecule has 2 aromatic rings. The highest BCUT2D eigenvalue weighted by Gasteiger charge is 2.19. The van der Waals surface area contributed by atoms with Crippen LogP contribution in [0.2, 0.25) is 0 Å². The van der Waals surface area contributed by atoms with Crippen molar-refractivity contribution in [3.63, 3.8) is 0 Å². The van der Waals surface area contributed by atoms with Gasteiger partial charge in [0.15, 0.2) is 0 Å². The van der Waals surface area contributed by atoms with E-state index < -0.39 is 15.3 Å². The summed E-state index contributed by atoms with van der Waals surface area (Å²) in [5.41, 5.74) is 0.504. The fourth-order valence-electron chi connectivity index (χ4n) is 1.21. The van der Waals surface area contributed by atoms with E-state index in [4.69, 9.17) is 4.42 Å². The van der Waals surface area contributed by atoms with Crippen LogP contribution in [0.4, 0.5) is 10.4 Å². The third-order valence-electron chi connectivity index (χ3n) is 2.37. The monoisotopic (exact) mass is 285 g/mol. The van der Waals surface area contributed by atoms with Crippen LogP contribution in [0.25, 0.3) is 11.5 Å². The summed E-state index contributed by atoms with van der Waals surface area (Å²) in [4.78, 5) is 0. The Kier molecular flexibility index (Phi) is 3.52. The SMILES string of the molecule is CC(C)S(=O)(=O)Nc1nnc(-c2ccc(F)cc2)o1. The molecule has 1 aromatic carbocycles. The zero-order valence-corrected chi connectivity index (χ0v) is 11.1. The van der Waals surface area contributed by atoms with Crippen molar-refractivity contribution >= 4 is 16.0 Å². The van der Waals surface area contributed by atoms with Crippen LogP contribution < -0.4 is 4.72 Å². The molecule has 0 spiro atoms. The van der Waals surface area contributed by atoms with Crippen LogP contribution >= 0.6 is 0 Å². The first-order valence-electron chi connectivity index (χ1n) is 5.49. The van der Waals surface area contributed by atoms with Crippen LogP contribution in [0.1, 0.15) is 13.8 Å². The first kappa shape index (κ1) is 13.5. The Morgan fingerprint density at radius 1 is 1.21 bits per heavy atom. The molecule has 1 aromatic heterocycles. The minimum atomic E-state index is -3.53. The molecule has 1 heterocycles. The normalized spacial score (nSPS) is 11.8. The van der Waals surface area contributed by atoms with Crippen molar-refractivity contribution in [2.75, 3.05) is 4.72 Å². The molecule has 0 aliphatic rings. The maximum atomic E-state index is 12.8. The lowest BCUT2D eigenvalue weighted by atomic mass is 10.2. The van der Waals surface area contributed by atoms with Crippen molar-refractivity contribution in [2.45, 2.75) is 19.1 Å². The maximum Gasteiger partial charge on any atom is 0.329 e. The first-order chi connectivity index (χ1) is 8.88. The minimum Gasteiger partial charge on any atom is -0.403 e. The summed E-state index contributed by atoms with van der Waals surface area (Å²) < 4.78 is 43.3. The molecule has 0 amide bonds. The molecule has 0 fully saturated rings. The van der Waals surface area contributed by atoms with Gasteiger partial charge in [0.2, 0.25) is 15.9 Å². The molecule has 0 radical (unpaired) electrons. The second kappa shape index (κ2) is 4.96. The van der Waals surface area contributed by atoms with Crippen molar-refractivity contribution in [1.82, 2.24) is 10.2 Å². The van der Waals surface area contributed by atoms with Gasteiger partial charge in [-0.15, -0.1) is 5.10 Å². The molecule has 8 heteroatoms. The largest absolute Gasteiger partial charge is 0.403 e. The van der Waals surface area contributed by atoms with Crippen LogP contribution in [0, 0.1) is 5.82 Å². The van der Waals surface area contributed by atoms with Gasteiger partial charge in [-0.05, 0) is 38.1 Å². The smallest absolute Gasteiger partial charge is 0.329 e. The van der Waals surface area contributed by atoms with Crippen LogP contribution in [0.5, 0.6) is 0 Å². The number of nitrogens with zero attached hydrogens (tertiary/aromatic N) is 2. The molecule has 102 valence electrons. The number of hydrogen-bond acceptors (Lipinski definition) is 5. The van der Waals surface area contributed by atoms with Crippen molar-refractivity contribution in [2.24, 2.45) is 0 Å². The maximum absolute atomic E-state index is 12.8. The van der Waals surface area contributed by atoms with Crippen LogP contribution in [0.3, 0.4) is 0 Å². The van der Waals surface area contributed by atoms with E-state index in [2.05, 4.69) is 14.9 Å². The summed E-state index contributed by atoms with van der Waals surface area (Å²) in [6.45, 7) is 3.05. The highest BCUT2D eigenvalue weighted by Crippen LogP contribution is 2.20. The zero-order chi connectivity index (χ0) is 14.0. The van der Waals surface area contributed by atoms with Gasteiger partial charge in [0.05, 0.1) is 5.25 Å². The summed E-state index contributed by atoms with van der Waals surface area (Å²) in [7, 11) is -3.53. The summed E-state index contributed by atoms with van der Waals surface area (Å²) in [5, 5.41) is 6.66. The van der Waals surface area contributed by atoms with Gasteiger partial charge in [0, 0.05) is 5.56 Å². The van der Waals surface area contributed by atoms with Crippen molar-refractivity contribution in [3.05, 3.63) is 30.1 Å². The molecule has 6 nitrogen and oxygen atoms in total. The Morgan fingerprint density at radius 2 is 1.84 bits per heavy atom. The Bertz CT molecular complexity index is 665. The van der Waals surface area contributed by atoms with E-state index in [0.29, 0.717) is 5.56 Å². The quantitative estimate of drug-likeness (QED) is 0.929. The molecule has 0 saturated carbocycles. The summed E-state index contributed by atoms with van der Waals surface area (Å²) in [6.07, 6.45) is 0. The summed E-state index contributed by atoms with van der Waals surface area (Å²) in [6, 6.07) is 5.20. The summed E-state index contributed by atoms with van der Waals surface area (Å²) >= 11 is 0. The van der Waals surface area contributed by atoms with E-state index in [1.807, 2.05) is 0 Å². The Labute approximate surface area is 109 Å². The lowest BCUT2D eigenvalue weighted by Crippen LogP contribution is -2.22. The lowest BCUT2D eigenvalue weighted by Gasteiger charge is -2.05. The number of sulfonamides is 1. The topological polar surface area (TPSA) is 85.1 Å². The molecular weight excluding hydrogens is 273 g/mol. The van der Waals surface area contributed by atoms with Gasteiger partial charge in [-0.25, -0.2) is 17.5 Å². The molecule has 0 aliphatic carbocycles. The molecule has 1 N–H and O–H groups in total. The molecule has 0 aliphatic heterocycles. The van der Waals surface area contributed by atoms with Gasteiger partial charge >= 0.3 is 6.01 Å². The molecule has 0 unspecified atom stereocenters. The van der Waals surface area contributed by atoms with Crippen LogP contribution in [-0.4, -0.2) is 23.9 Å². The number of aromatic nitrogens is 2. The van der Waals surface area contributed by atoms with Gasteiger partial charge < -0.3 is 4.42 Å². The zero-order valence-electron chi connectivity index (χ0n) is 10.3. The third kappa shape index (κ3) is 3.08. The molecule has 0 atom stereocenters. The molecule has 19 heavy (non-hydrogen) atoms. The third-order valence-corrected chi connectivity index (χ3v) is 4.07. The van der Waals surface area contributed by atoms with Crippen LogP contribution in [0.15, 0.2) is 28.7 Å². The van der Waals surface area contributed by atoms with Gasteiger partial charge in [0.1, 0.15) is 5.82 Å². The highest BCUT2D eigenvalue weighted by molar-refractivity contribution is 7.93. The average molecular weight is 285 g/mol. The average Bonchev–Trinajstić information content (AvgIpc) is 2.77. The van der Waals surface area contributed by atoms with E-state index >= 15 is 0 Å². The van der Waals surface area contributed by atoms with E-state index in [0.717, 1.165) is 0 Å². The van der Waals surface area contributed by atoms with Gasteiger partial charge in [0.25, 0.3) is 0 Å². The van der Waals surface area contributed by atoms with Crippen molar-refractivity contribution in [3.8, 4) is 11.5 Å². The number of hydrogen-bond donors (Lipinski definition) is 1. The number of anilines is 1. The van der Waals surface area contributed by atoms with Gasteiger partial charge in [-0.1, -0.05) is 5.10 Å². The van der Waals surface area contributed by atoms with Crippen molar-refractivity contribution < 1.29 is 17.2 Å². The van der Waals surface area contributed by atoms with Gasteiger partial charge in [-0.3, -0.25) is 0 Å². The molecule has 2 rings (SSSR count). The number of nitrogens with one attached hydrogen (secondary N) is 1. The van der Waals surface area contributed by atoms with E-state index in [1.165, 1.54) is 38.1 Å². The van der Waals surface area contributed by atoms with Gasteiger partial charge in [-0.2, -0.15) is 0 Å². The predicted octanol–water partition coefficient (Wildman–Crippen LogP) is 2.03. The first-order valence-corrected chi connectivity index (χ1v) is 7.04.